The van der Waals surface area contributed by atoms with E-state index in [1.54, 1.807) is 0 Å². The zero-order valence-corrected chi connectivity index (χ0v) is 21.1. The van der Waals surface area contributed by atoms with Crippen molar-refractivity contribution in [3.8, 4) is 0 Å². The topological polar surface area (TPSA) is 108 Å². The maximum absolute atomic E-state index is 12.6. The van der Waals surface area contributed by atoms with Crippen LogP contribution >= 0.6 is 0 Å². The van der Waals surface area contributed by atoms with Gasteiger partial charge in [0.1, 0.15) is 25.4 Å². The number of hydrogen-bond donors (Lipinski definition) is 0. The van der Waals surface area contributed by atoms with Gasteiger partial charge in [-0.1, -0.05) is 12.8 Å². The molecule has 1 aliphatic carbocycles. The molecule has 36 heavy (non-hydrogen) atoms. The Morgan fingerprint density at radius 1 is 0.611 bits per heavy atom. The third-order valence-corrected chi connectivity index (χ3v) is 7.79. The Balaban J connectivity index is 0.976. The second-order valence-corrected chi connectivity index (χ2v) is 10.6. The molecule has 1 saturated carbocycles. The molecule has 0 N–H and O–H groups in total. The highest BCUT2D eigenvalue weighted by molar-refractivity contribution is 5.75. The molecule has 204 valence electrons. The lowest BCUT2D eigenvalue weighted by molar-refractivity contribution is -0.338. The van der Waals surface area contributed by atoms with Crippen molar-refractivity contribution in [1.82, 2.24) is 0 Å². The van der Waals surface area contributed by atoms with E-state index in [9.17, 15) is 9.59 Å². The first-order chi connectivity index (χ1) is 17.5. The lowest BCUT2D eigenvalue weighted by Crippen LogP contribution is -2.35. The van der Waals surface area contributed by atoms with E-state index in [0.717, 1.165) is 38.5 Å². The summed E-state index contributed by atoms with van der Waals surface area (Å²) in [5.74, 6) is -2.83. The number of rotatable bonds is 6. The molecule has 0 aromatic carbocycles. The zero-order valence-electron chi connectivity index (χ0n) is 21.1. The smallest absolute Gasteiger partial charge is 0.309 e. The van der Waals surface area contributed by atoms with Crippen LogP contribution in [0.25, 0.3) is 0 Å². The second kappa shape index (κ2) is 12.0. The van der Waals surface area contributed by atoms with Crippen LogP contribution in [0.5, 0.6) is 0 Å². The van der Waals surface area contributed by atoms with E-state index in [4.69, 9.17) is 37.9 Å². The summed E-state index contributed by atoms with van der Waals surface area (Å²) in [7, 11) is 0. The van der Waals surface area contributed by atoms with Gasteiger partial charge >= 0.3 is 11.9 Å². The predicted octanol–water partition coefficient (Wildman–Crippen LogP) is 3.20. The van der Waals surface area contributed by atoms with Crippen molar-refractivity contribution in [2.24, 2.45) is 11.8 Å². The van der Waals surface area contributed by atoms with Gasteiger partial charge in [0.25, 0.3) is 11.9 Å². The summed E-state index contributed by atoms with van der Waals surface area (Å²) in [6.07, 6.45) is 9.38. The molecule has 4 aliphatic heterocycles. The van der Waals surface area contributed by atoms with Crippen LogP contribution in [0.3, 0.4) is 0 Å². The van der Waals surface area contributed by atoms with Crippen LogP contribution in [0, 0.1) is 11.8 Å². The fourth-order valence-electron chi connectivity index (χ4n) is 5.65. The van der Waals surface area contributed by atoms with E-state index in [1.165, 1.54) is 0 Å². The van der Waals surface area contributed by atoms with E-state index in [-0.39, 0.29) is 49.2 Å². The van der Waals surface area contributed by atoms with Crippen molar-refractivity contribution < 1.29 is 47.5 Å². The maximum Gasteiger partial charge on any atom is 0.309 e. The molecule has 5 rings (SSSR count). The minimum absolute atomic E-state index is 0.153. The van der Waals surface area contributed by atoms with Gasteiger partial charge in [0.05, 0.1) is 38.3 Å². The van der Waals surface area contributed by atoms with Gasteiger partial charge in [-0.25, -0.2) is 0 Å². The van der Waals surface area contributed by atoms with E-state index < -0.39 is 11.9 Å². The fourth-order valence-corrected chi connectivity index (χ4v) is 5.65. The maximum atomic E-state index is 12.6. The summed E-state index contributed by atoms with van der Waals surface area (Å²) >= 11 is 0. The van der Waals surface area contributed by atoms with Gasteiger partial charge in [-0.15, -0.1) is 0 Å². The Morgan fingerprint density at radius 2 is 1.06 bits per heavy atom. The number of esters is 2. The summed E-state index contributed by atoms with van der Waals surface area (Å²) in [6.45, 7) is 2.26. The van der Waals surface area contributed by atoms with E-state index in [0.29, 0.717) is 65.0 Å². The lowest BCUT2D eigenvalue weighted by Gasteiger charge is -2.27. The normalized spacial score (nSPS) is 39.6. The molecular weight excluding hydrogens is 472 g/mol. The minimum atomic E-state index is -0.967. The summed E-state index contributed by atoms with van der Waals surface area (Å²) < 4.78 is 46.1. The van der Waals surface area contributed by atoms with Gasteiger partial charge in [-0.05, 0) is 51.4 Å². The van der Waals surface area contributed by atoms with Crippen LogP contribution in [-0.2, 0) is 47.5 Å². The Hall–Kier alpha value is -1.30. The van der Waals surface area contributed by atoms with Gasteiger partial charge in [-0.3, -0.25) is 9.59 Å². The molecule has 0 bridgehead atoms. The summed E-state index contributed by atoms with van der Waals surface area (Å²) in [5.41, 5.74) is 0. The molecule has 0 radical (unpaired) electrons. The van der Waals surface area contributed by atoms with E-state index in [2.05, 4.69) is 0 Å². The molecule has 4 unspecified atom stereocenters. The Kier molecular flexibility index (Phi) is 8.80. The molecule has 5 fully saturated rings. The van der Waals surface area contributed by atoms with Crippen LogP contribution in [0.15, 0.2) is 0 Å². The Bertz CT molecular complexity index is 671. The standard InChI is InChI=1S/C26H40O10/c27-23(29-15-21-17-33-25(35-21)11-3-1-5-13-31-25)19-7-9-20(10-8-19)24(28)30-16-22-18-34-26(36-22)12-4-2-6-14-32-26/h19-22H,1-18H2. The highest BCUT2D eigenvalue weighted by Crippen LogP contribution is 2.35. The van der Waals surface area contributed by atoms with Gasteiger partial charge in [-0.2, -0.15) is 0 Å². The number of carbonyl (C=O) groups excluding carboxylic acids is 2. The van der Waals surface area contributed by atoms with Crippen molar-refractivity contribution >= 4 is 11.9 Å². The average Bonchev–Trinajstić information content (AvgIpc) is 3.30. The third kappa shape index (κ3) is 6.57. The van der Waals surface area contributed by atoms with E-state index in [1.807, 2.05) is 0 Å². The number of carbonyl (C=O) groups is 2. The highest BCUT2D eigenvalue weighted by Gasteiger charge is 2.45. The Labute approximate surface area is 212 Å². The van der Waals surface area contributed by atoms with Gasteiger partial charge in [0.2, 0.25) is 0 Å². The average molecular weight is 513 g/mol. The van der Waals surface area contributed by atoms with Gasteiger partial charge in [0, 0.05) is 12.8 Å². The summed E-state index contributed by atoms with van der Waals surface area (Å²) in [4.78, 5) is 25.2. The van der Waals surface area contributed by atoms with Crippen molar-refractivity contribution in [2.75, 3.05) is 39.6 Å². The predicted molar refractivity (Wildman–Crippen MR) is 123 cm³/mol. The molecule has 10 heteroatoms. The number of ether oxygens (including phenoxy) is 8. The molecular formula is C26H40O10. The first-order valence-electron chi connectivity index (χ1n) is 13.8. The van der Waals surface area contributed by atoms with E-state index >= 15 is 0 Å². The fraction of sp³-hybridized carbons (Fsp3) is 0.923. The molecule has 0 amide bonds. The third-order valence-electron chi connectivity index (χ3n) is 7.79. The van der Waals surface area contributed by atoms with Gasteiger partial charge in [0.15, 0.2) is 0 Å². The minimum Gasteiger partial charge on any atom is -0.463 e. The largest absolute Gasteiger partial charge is 0.463 e. The summed E-state index contributed by atoms with van der Waals surface area (Å²) in [6, 6.07) is 0. The SMILES string of the molecule is O=C(OCC1COC2(CCCCCO2)O1)C1CCC(C(=O)OCC2COC3(CCCCCO3)O2)CC1. The highest BCUT2D eigenvalue weighted by atomic mass is 16.9. The summed E-state index contributed by atoms with van der Waals surface area (Å²) in [5, 5.41) is 0. The van der Waals surface area contributed by atoms with Crippen molar-refractivity contribution in [3.05, 3.63) is 0 Å². The Morgan fingerprint density at radius 3 is 1.50 bits per heavy atom. The van der Waals surface area contributed by atoms with Crippen LogP contribution in [0.4, 0.5) is 0 Å². The van der Waals surface area contributed by atoms with Crippen LogP contribution < -0.4 is 0 Å². The lowest BCUT2D eigenvalue weighted by atomic mass is 9.82. The molecule has 10 nitrogen and oxygen atoms in total. The van der Waals surface area contributed by atoms with Crippen LogP contribution in [0.2, 0.25) is 0 Å². The molecule has 4 atom stereocenters. The molecule has 0 aromatic heterocycles. The second-order valence-electron chi connectivity index (χ2n) is 10.6. The molecule has 0 aromatic rings. The molecule has 4 saturated heterocycles. The van der Waals surface area contributed by atoms with Crippen LogP contribution in [-0.4, -0.2) is 75.7 Å². The van der Waals surface area contributed by atoms with Crippen molar-refractivity contribution in [3.63, 3.8) is 0 Å². The van der Waals surface area contributed by atoms with Crippen LogP contribution in [0.1, 0.15) is 77.0 Å². The number of hydrogen-bond acceptors (Lipinski definition) is 10. The first kappa shape index (κ1) is 26.3. The first-order valence-corrected chi connectivity index (χ1v) is 13.8. The monoisotopic (exact) mass is 512 g/mol. The van der Waals surface area contributed by atoms with Crippen molar-refractivity contribution in [2.45, 2.75) is 101 Å². The molecule has 2 spiro atoms. The molecule has 5 aliphatic rings. The molecule has 4 heterocycles. The van der Waals surface area contributed by atoms with Crippen molar-refractivity contribution in [1.29, 1.82) is 0 Å². The van der Waals surface area contributed by atoms with Gasteiger partial charge < -0.3 is 37.9 Å². The zero-order chi connectivity index (χ0) is 24.8. The quantitative estimate of drug-likeness (QED) is 0.492.